The highest BCUT2D eigenvalue weighted by Crippen LogP contribution is 2.39. The minimum atomic E-state index is -0.525. The van der Waals surface area contributed by atoms with Gasteiger partial charge in [-0.3, -0.25) is 9.59 Å². The zero-order valence-corrected chi connectivity index (χ0v) is 16.6. The molecule has 1 aromatic heterocycles. The zero-order chi connectivity index (χ0) is 20.6. The number of nitrogens with zero attached hydrogens (tertiary/aromatic N) is 4. The molecule has 1 saturated carbocycles. The number of nitrogens with two attached hydrogens (primary N) is 1. The zero-order valence-electron chi connectivity index (χ0n) is 16.6. The Kier molecular flexibility index (Phi) is 4.89. The van der Waals surface area contributed by atoms with Crippen molar-refractivity contribution >= 4 is 17.6 Å². The van der Waals surface area contributed by atoms with Gasteiger partial charge in [-0.05, 0) is 42.1 Å². The Morgan fingerprint density at radius 3 is 2.62 bits per heavy atom. The Bertz CT molecular complexity index is 919. The van der Waals surface area contributed by atoms with Crippen molar-refractivity contribution in [1.29, 1.82) is 0 Å². The Balaban J connectivity index is 1.62. The van der Waals surface area contributed by atoms with E-state index in [0.29, 0.717) is 13.1 Å². The molecular weight excluding hydrogens is 374 g/mol. The van der Waals surface area contributed by atoms with E-state index in [9.17, 15) is 9.59 Å². The summed E-state index contributed by atoms with van der Waals surface area (Å²) in [6.07, 6.45) is 3.10. The largest absolute Gasteiger partial charge is 0.485 e. The number of hydrogen-bond donors (Lipinski definition) is 1. The van der Waals surface area contributed by atoms with Crippen molar-refractivity contribution in [2.24, 2.45) is 0 Å². The fourth-order valence-electron chi connectivity index (χ4n) is 4.28. The fraction of sp³-hybridized carbons (Fsp3) is 0.500. The van der Waals surface area contributed by atoms with Crippen molar-refractivity contribution in [2.45, 2.75) is 50.8 Å². The summed E-state index contributed by atoms with van der Waals surface area (Å²) in [4.78, 5) is 28.3. The second-order valence-electron chi connectivity index (χ2n) is 7.91. The molecule has 0 saturated heterocycles. The van der Waals surface area contributed by atoms with Gasteiger partial charge in [0.1, 0.15) is 11.4 Å². The van der Waals surface area contributed by atoms with Crippen LogP contribution in [0.1, 0.15) is 48.7 Å². The minimum absolute atomic E-state index is 0.0181. The second kappa shape index (κ2) is 7.38. The molecule has 9 heteroatoms. The molecule has 0 atom stereocenters. The number of para-hydroxylation sites is 1. The second-order valence-corrected chi connectivity index (χ2v) is 7.91. The number of carbonyl (C=O) groups excluding carboxylic acids is 2. The highest BCUT2D eigenvalue weighted by molar-refractivity contribution is 5.96. The molecular formula is C20H25N5O4. The summed E-state index contributed by atoms with van der Waals surface area (Å²) in [7, 11) is 1.84. The number of amides is 2. The Morgan fingerprint density at radius 1 is 1.24 bits per heavy atom. The van der Waals surface area contributed by atoms with Crippen molar-refractivity contribution in [3.63, 3.8) is 0 Å². The summed E-state index contributed by atoms with van der Waals surface area (Å²) in [5.41, 5.74) is 6.17. The smallest absolute Gasteiger partial charge is 0.280 e. The minimum Gasteiger partial charge on any atom is -0.485 e. The van der Waals surface area contributed by atoms with E-state index in [2.05, 4.69) is 14.9 Å². The van der Waals surface area contributed by atoms with Crippen LogP contribution in [0.2, 0.25) is 0 Å². The van der Waals surface area contributed by atoms with E-state index < -0.39 is 5.60 Å². The molecule has 2 aromatic rings. The number of nitrogen functional groups attached to an aromatic ring is 1. The van der Waals surface area contributed by atoms with Crippen LogP contribution in [0.5, 0.6) is 5.75 Å². The highest BCUT2D eigenvalue weighted by atomic mass is 16.6. The van der Waals surface area contributed by atoms with Crippen LogP contribution in [0.4, 0.5) is 5.82 Å². The Hall–Kier alpha value is -3.10. The molecule has 4 rings (SSSR count). The third-order valence-electron chi connectivity index (χ3n) is 6.05. The average molecular weight is 399 g/mol. The van der Waals surface area contributed by atoms with Gasteiger partial charge in [-0.25, -0.2) is 4.63 Å². The maximum atomic E-state index is 13.1. The van der Waals surface area contributed by atoms with Crippen molar-refractivity contribution in [1.82, 2.24) is 20.1 Å². The van der Waals surface area contributed by atoms with E-state index in [0.717, 1.165) is 37.0 Å². The van der Waals surface area contributed by atoms with Gasteiger partial charge in [-0.1, -0.05) is 18.2 Å². The standard InChI is InChI=1S/C20H25N5O4/c1-13(26)24(2)15-7-9-20(10-8-15)12-25(19(27)17-18(21)23-29-22-17)11-14-5-3-4-6-16(14)28-20/h3-6,15H,7-12H2,1-2H3,(H2,21,23). The van der Waals surface area contributed by atoms with Gasteiger partial charge in [-0.15, -0.1) is 0 Å². The molecule has 0 bridgehead atoms. The first-order valence-corrected chi connectivity index (χ1v) is 9.76. The molecule has 0 unspecified atom stereocenters. The monoisotopic (exact) mass is 399 g/mol. The maximum absolute atomic E-state index is 13.1. The molecule has 1 aromatic carbocycles. The molecule has 1 spiro atoms. The molecule has 0 radical (unpaired) electrons. The van der Waals surface area contributed by atoms with Crippen molar-refractivity contribution < 1.29 is 19.0 Å². The summed E-state index contributed by atoms with van der Waals surface area (Å²) in [6, 6.07) is 7.92. The van der Waals surface area contributed by atoms with Crippen LogP contribution in [0.3, 0.4) is 0 Å². The number of anilines is 1. The van der Waals surface area contributed by atoms with Gasteiger partial charge in [0, 0.05) is 32.1 Å². The Morgan fingerprint density at radius 2 is 1.97 bits per heavy atom. The number of ether oxygens (including phenoxy) is 1. The highest BCUT2D eigenvalue weighted by Gasteiger charge is 2.43. The summed E-state index contributed by atoms with van der Waals surface area (Å²) in [5, 5.41) is 7.20. The van der Waals surface area contributed by atoms with E-state index in [1.165, 1.54) is 0 Å². The van der Waals surface area contributed by atoms with Gasteiger partial charge < -0.3 is 20.3 Å². The first-order chi connectivity index (χ1) is 13.9. The SMILES string of the molecule is CC(=O)N(C)C1CCC2(CC1)CN(C(=O)c1nonc1N)Cc1ccccc1O2. The molecule has 2 heterocycles. The van der Waals surface area contributed by atoms with Crippen LogP contribution < -0.4 is 10.5 Å². The number of carbonyl (C=O) groups is 2. The molecule has 2 N–H and O–H groups in total. The summed E-state index contributed by atoms with van der Waals surface area (Å²) in [5.74, 6) is 0.497. The lowest BCUT2D eigenvalue weighted by Crippen LogP contribution is -2.52. The third kappa shape index (κ3) is 3.64. The van der Waals surface area contributed by atoms with Crippen LogP contribution in [-0.2, 0) is 11.3 Å². The topological polar surface area (TPSA) is 115 Å². The summed E-state index contributed by atoms with van der Waals surface area (Å²) in [6.45, 7) is 2.38. The van der Waals surface area contributed by atoms with Crippen LogP contribution in [0.15, 0.2) is 28.9 Å². The van der Waals surface area contributed by atoms with Crippen LogP contribution in [-0.4, -0.2) is 57.2 Å². The van der Waals surface area contributed by atoms with Crippen LogP contribution in [0, 0.1) is 0 Å². The average Bonchev–Trinajstić information content (AvgIpc) is 3.06. The summed E-state index contributed by atoms with van der Waals surface area (Å²) >= 11 is 0. The van der Waals surface area contributed by atoms with Crippen LogP contribution >= 0.6 is 0 Å². The van der Waals surface area contributed by atoms with Crippen molar-refractivity contribution in [3.05, 3.63) is 35.5 Å². The quantitative estimate of drug-likeness (QED) is 0.819. The van der Waals surface area contributed by atoms with Gasteiger partial charge in [0.2, 0.25) is 17.4 Å². The molecule has 154 valence electrons. The van der Waals surface area contributed by atoms with E-state index in [1.807, 2.05) is 31.3 Å². The van der Waals surface area contributed by atoms with Gasteiger partial charge in [0.15, 0.2) is 0 Å². The first kappa shape index (κ1) is 19.2. The number of fused-ring (bicyclic) bond motifs is 1. The van der Waals surface area contributed by atoms with E-state index in [4.69, 9.17) is 10.5 Å². The lowest BCUT2D eigenvalue weighted by molar-refractivity contribution is -0.131. The first-order valence-electron chi connectivity index (χ1n) is 9.76. The molecule has 9 nitrogen and oxygen atoms in total. The van der Waals surface area contributed by atoms with E-state index in [1.54, 1.807) is 16.7 Å². The number of rotatable bonds is 2. The molecule has 2 amide bonds. The van der Waals surface area contributed by atoms with Crippen LogP contribution in [0.25, 0.3) is 0 Å². The van der Waals surface area contributed by atoms with E-state index >= 15 is 0 Å². The van der Waals surface area contributed by atoms with Gasteiger partial charge in [0.05, 0.1) is 6.54 Å². The molecule has 2 aliphatic rings. The lowest BCUT2D eigenvalue weighted by Gasteiger charge is -2.43. The predicted molar refractivity (Wildman–Crippen MR) is 104 cm³/mol. The number of aromatic nitrogens is 2. The third-order valence-corrected chi connectivity index (χ3v) is 6.05. The van der Waals surface area contributed by atoms with Gasteiger partial charge in [0.25, 0.3) is 5.91 Å². The molecule has 29 heavy (non-hydrogen) atoms. The maximum Gasteiger partial charge on any atom is 0.280 e. The van der Waals surface area contributed by atoms with Gasteiger partial charge >= 0.3 is 0 Å². The predicted octanol–water partition coefficient (Wildman–Crippen LogP) is 1.85. The summed E-state index contributed by atoms with van der Waals surface area (Å²) < 4.78 is 11.1. The molecule has 1 fully saturated rings. The Labute approximate surface area is 168 Å². The van der Waals surface area contributed by atoms with Crippen molar-refractivity contribution in [3.8, 4) is 5.75 Å². The van der Waals surface area contributed by atoms with E-state index in [-0.39, 0.29) is 29.4 Å². The normalized spacial score (nSPS) is 23.8. The number of benzene rings is 1. The fourth-order valence-corrected chi connectivity index (χ4v) is 4.28. The number of hydrogen-bond acceptors (Lipinski definition) is 7. The van der Waals surface area contributed by atoms with Crippen molar-refractivity contribution in [2.75, 3.05) is 19.3 Å². The molecule has 1 aliphatic heterocycles. The lowest BCUT2D eigenvalue weighted by atomic mass is 9.81. The van der Waals surface area contributed by atoms with Gasteiger partial charge in [-0.2, -0.15) is 0 Å². The molecule has 1 aliphatic carbocycles.